The first-order valence-corrected chi connectivity index (χ1v) is 5.67. The summed E-state index contributed by atoms with van der Waals surface area (Å²) in [4.78, 5) is 0. The van der Waals surface area contributed by atoms with Gasteiger partial charge in [0, 0.05) is 12.1 Å². The Hall–Kier alpha value is -0.890. The van der Waals surface area contributed by atoms with Gasteiger partial charge in [-0.15, -0.1) is 0 Å². The molecule has 0 aliphatic heterocycles. The van der Waals surface area contributed by atoms with Crippen molar-refractivity contribution in [2.75, 3.05) is 0 Å². The van der Waals surface area contributed by atoms with Gasteiger partial charge < -0.3 is 5.32 Å². The van der Waals surface area contributed by atoms with Crippen molar-refractivity contribution in [1.82, 2.24) is 5.32 Å². The van der Waals surface area contributed by atoms with Gasteiger partial charge in [-0.25, -0.2) is 4.39 Å². The van der Waals surface area contributed by atoms with Crippen LogP contribution >= 0.6 is 0 Å². The summed E-state index contributed by atoms with van der Waals surface area (Å²) in [6, 6.07) is 6.74. The first-order chi connectivity index (χ1) is 7.18. The van der Waals surface area contributed by atoms with Crippen molar-refractivity contribution in [2.24, 2.45) is 0 Å². The first-order valence-electron chi connectivity index (χ1n) is 5.67. The molecule has 2 rings (SSSR count). The number of benzene rings is 1. The lowest BCUT2D eigenvalue weighted by Gasteiger charge is -2.25. The second kappa shape index (κ2) is 4.31. The summed E-state index contributed by atoms with van der Waals surface area (Å²) in [6.45, 7) is 3.13. The Morgan fingerprint density at radius 2 is 1.80 bits per heavy atom. The van der Waals surface area contributed by atoms with Gasteiger partial charge in [-0.1, -0.05) is 25.0 Å². The van der Waals surface area contributed by atoms with Crippen molar-refractivity contribution in [3.05, 3.63) is 35.6 Å². The minimum Gasteiger partial charge on any atom is -0.307 e. The van der Waals surface area contributed by atoms with E-state index in [4.69, 9.17) is 0 Å². The summed E-state index contributed by atoms with van der Waals surface area (Å²) in [5.41, 5.74) is 1.46. The van der Waals surface area contributed by atoms with E-state index >= 15 is 0 Å². The average molecular weight is 207 g/mol. The van der Waals surface area contributed by atoms with Crippen LogP contribution < -0.4 is 5.32 Å². The second-order valence-corrected chi connectivity index (χ2v) is 4.75. The van der Waals surface area contributed by atoms with E-state index in [0.717, 1.165) is 12.1 Å². The van der Waals surface area contributed by atoms with Crippen molar-refractivity contribution >= 4 is 0 Å². The molecule has 15 heavy (non-hydrogen) atoms. The lowest BCUT2D eigenvalue weighted by Crippen LogP contribution is -2.38. The van der Waals surface area contributed by atoms with Gasteiger partial charge in [0.1, 0.15) is 5.82 Å². The van der Waals surface area contributed by atoms with E-state index in [1.807, 2.05) is 12.1 Å². The van der Waals surface area contributed by atoms with Crippen LogP contribution in [0.15, 0.2) is 24.3 Å². The van der Waals surface area contributed by atoms with Crippen LogP contribution in [0.1, 0.15) is 38.2 Å². The van der Waals surface area contributed by atoms with Crippen molar-refractivity contribution in [3.8, 4) is 0 Å². The molecule has 1 aliphatic rings. The predicted octanol–water partition coefficient (Wildman–Crippen LogP) is 3.25. The molecule has 0 aromatic heterocycles. The number of hydrogen-bond donors (Lipinski definition) is 1. The zero-order chi connectivity index (χ0) is 10.7. The molecule has 1 saturated carbocycles. The summed E-state index contributed by atoms with van der Waals surface area (Å²) in [5.74, 6) is -0.161. The molecule has 1 fully saturated rings. The molecule has 1 aromatic rings. The maximum absolute atomic E-state index is 12.7. The highest BCUT2D eigenvalue weighted by atomic mass is 19.1. The first kappa shape index (κ1) is 10.6. The summed E-state index contributed by atoms with van der Waals surface area (Å²) in [5, 5.41) is 3.57. The highest BCUT2D eigenvalue weighted by Gasteiger charge is 2.27. The molecule has 0 spiro atoms. The van der Waals surface area contributed by atoms with E-state index in [0.29, 0.717) is 5.54 Å². The molecule has 0 radical (unpaired) electrons. The van der Waals surface area contributed by atoms with Crippen LogP contribution in [0.4, 0.5) is 4.39 Å². The van der Waals surface area contributed by atoms with Gasteiger partial charge in [-0.2, -0.15) is 0 Å². The van der Waals surface area contributed by atoms with E-state index in [-0.39, 0.29) is 5.82 Å². The van der Waals surface area contributed by atoms with E-state index in [1.54, 1.807) is 0 Å². The monoisotopic (exact) mass is 207 g/mol. The zero-order valence-corrected chi connectivity index (χ0v) is 9.22. The molecule has 0 saturated heterocycles. The van der Waals surface area contributed by atoms with Crippen LogP contribution in [-0.2, 0) is 6.54 Å². The summed E-state index contributed by atoms with van der Waals surface area (Å²) < 4.78 is 12.7. The van der Waals surface area contributed by atoms with Crippen molar-refractivity contribution < 1.29 is 4.39 Å². The van der Waals surface area contributed by atoms with Crippen molar-refractivity contribution in [1.29, 1.82) is 0 Å². The molecule has 0 amide bonds. The lowest BCUT2D eigenvalue weighted by molar-refractivity contribution is 0.362. The molecule has 1 aromatic carbocycles. The van der Waals surface area contributed by atoms with Crippen LogP contribution in [0.25, 0.3) is 0 Å². The van der Waals surface area contributed by atoms with Crippen LogP contribution in [-0.4, -0.2) is 5.54 Å². The maximum Gasteiger partial charge on any atom is 0.123 e. The quantitative estimate of drug-likeness (QED) is 0.802. The molecule has 1 aliphatic carbocycles. The fourth-order valence-electron chi connectivity index (χ4n) is 2.25. The molecule has 0 unspecified atom stereocenters. The van der Waals surface area contributed by atoms with Crippen LogP contribution in [0.2, 0.25) is 0 Å². The van der Waals surface area contributed by atoms with Crippen LogP contribution in [0.3, 0.4) is 0 Å². The Bertz CT molecular complexity index is 312. The van der Waals surface area contributed by atoms with Crippen molar-refractivity contribution in [2.45, 2.75) is 44.7 Å². The van der Waals surface area contributed by atoms with Crippen LogP contribution in [0, 0.1) is 5.82 Å². The van der Waals surface area contributed by atoms with E-state index < -0.39 is 0 Å². The molecule has 0 heterocycles. The predicted molar refractivity (Wildman–Crippen MR) is 60.1 cm³/mol. The Morgan fingerprint density at radius 3 is 2.40 bits per heavy atom. The molecule has 0 atom stereocenters. The standard InChI is InChI=1S/C13H18FN/c1-13(8-2-3-9-13)15-10-11-4-6-12(14)7-5-11/h4-7,15H,2-3,8-10H2,1H3. The number of hydrogen-bond acceptors (Lipinski definition) is 1. The third-order valence-corrected chi connectivity index (χ3v) is 3.34. The molecule has 82 valence electrons. The topological polar surface area (TPSA) is 12.0 Å². The third kappa shape index (κ3) is 2.78. The smallest absolute Gasteiger partial charge is 0.123 e. The SMILES string of the molecule is CC1(NCc2ccc(F)cc2)CCCC1. The fourth-order valence-corrected chi connectivity index (χ4v) is 2.25. The van der Waals surface area contributed by atoms with Gasteiger partial charge in [0.15, 0.2) is 0 Å². The van der Waals surface area contributed by atoms with Gasteiger partial charge in [-0.3, -0.25) is 0 Å². The largest absolute Gasteiger partial charge is 0.307 e. The fraction of sp³-hybridized carbons (Fsp3) is 0.538. The lowest BCUT2D eigenvalue weighted by atomic mass is 10.0. The van der Waals surface area contributed by atoms with E-state index in [9.17, 15) is 4.39 Å². The second-order valence-electron chi connectivity index (χ2n) is 4.75. The molecular formula is C13H18FN. The molecule has 1 nitrogen and oxygen atoms in total. The number of halogens is 1. The summed E-state index contributed by atoms with van der Waals surface area (Å²) >= 11 is 0. The normalized spacial score (nSPS) is 19.3. The van der Waals surface area contributed by atoms with Crippen molar-refractivity contribution in [3.63, 3.8) is 0 Å². The molecular weight excluding hydrogens is 189 g/mol. The Morgan fingerprint density at radius 1 is 1.20 bits per heavy atom. The van der Waals surface area contributed by atoms with E-state index in [2.05, 4.69) is 12.2 Å². The highest BCUT2D eigenvalue weighted by molar-refractivity contribution is 5.16. The van der Waals surface area contributed by atoms with Gasteiger partial charge >= 0.3 is 0 Å². The van der Waals surface area contributed by atoms with E-state index in [1.165, 1.54) is 37.8 Å². The average Bonchev–Trinajstić information content (AvgIpc) is 2.65. The Labute approximate surface area is 90.7 Å². The molecule has 0 bridgehead atoms. The van der Waals surface area contributed by atoms with Gasteiger partial charge in [0.05, 0.1) is 0 Å². The number of nitrogens with one attached hydrogen (secondary N) is 1. The third-order valence-electron chi connectivity index (χ3n) is 3.34. The zero-order valence-electron chi connectivity index (χ0n) is 9.22. The van der Waals surface area contributed by atoms with Gasteiger partial charge in [0.2, 0.25) is 0 Å². The minimum atomic E-state index is -0.161. The minimum absolute atomic E-state index is 0.161. The molecule has 1 N–H and O–H groups in total. The highest BCUT2D eigenvalue weighted by Crippen LogP contribution is 2.29. The van der Waals surface area contributed by atoms with Gasteiger partial charge in [0.25, 0.3) is 0 Å². The molecule has 2 heteroatoms. The Balaban J connectivity index is 1.90. The number of rotatable bonds is 3. The van der Waals surface area contributed by atoms with Gasteiger partial charge in [-0.05, 0) is 37.5 Å². The summed E-state index contributed by atoms with van der Waals surface area (Å²) in [7, 11) is 0. The Kier molecular flexibility index (Phi) is 3.06. The maximum atomic E-state index is 12.7. The summed E-state index contributed by atoms with van der Waals surface area (Å²) in [6.07, 6.45) is 5.17. The van der Waals surface area contributed by atoms with Crippen LogP contribution in [0.5, 0.6) is 0 Å².